The number of anilines is 1. The predicted molar refractivity (Wildman–Crippen MR) is 77.7 cm³/mol. The van der Waals surface area contributed by atoms with Gasteiger partial charge in [0.1, 0.15) is 5.82 Å². The highest BCUT2D eigenvalue weighted by Gasteiger charge is 2.22. The maximum Gasteiger partial charge on any atom is 0.124 e. The summed E-state index contributed by atoms with van der Waals surface area (Å²) < 4.78 is 13.0. The lowest BCUT2D eigenvalue weighted by atomic mass is 10.1. The number of halogens is 3. The molecule has 1 unspecified atom stereocenters. The lowest BCUT2D eigenvalue weighted by Crippen LogP contribution is -2.19. The van der Waals surface area contributed by atoms with E-state index in [2.05, 4.69) is 11.4 Å². The van der Waals surface area contributed by atoms with Crippen molar-refractivity contribution in [2.45, 2.75) is 18.9 Å². The molecule has 0 aromatic heterocycles. The summed E-state index contributed by atoms with van der Waals surface area (Å²) in [6.07, 6.45) is 1.84. The molecule has 0 bridgehead atoms. The fourth-order valence-electron chi connectivity index (χ4n) is 2.52. The molecule has 0 spiro atoms. The summed E-state index contributed by atoms with van der Waals surface area (Å²) in [6.45, 7) is 0. The summed E-state index contributed by atoms with van der Waals surface area (Å²) >= 11 is 12.0. The van der Waals surface area contributed by atoms with Crippen LogP contribution in [0.5, 0.6) is 0 Å². The molecule has 0 heterocycles. The van der Waals surface area contributed by atoms with Gasteiger partial charge in [-0.25, -0.2) is 4.39 Å². The minimum absolute atomic E-state index is 0.274. The van der Waals surface area contributed by atoms with E-state index in [9.17, 15) is 4.39 Å². The van der Waals surface area contributed by atoms with Gasteiger partial charge in [0.25, 0.3) is 0 Å². The summed E-state index contributed by atoms with van der Waals surface area (Å²) in [6, 6.07) is 10.7. The van der Waals surface area contributed by atoms with Crippen LogP contribution >= 0.6 is 23.2 Å². The smallest absolute Gasteiger partial charge is 0.124 e. The fraction of sp³-hybridized carbons (Fsp3) is 0.200. The van der Waals surface area contributed by atoms with E-state index in [1.165, 1.54) is 23.3 Å². The quantitative estimate of drug-likeness (QED) is 0.846. The van der Waals surface area contributed by atoms with Crippen molar-refractivity contribution in [1.29, 1.82) is 0 Å². The van der Waals surface area contributed by atoms with Crippen molar-refractivity contribution >= 4 is 28.9 Å². The Morgan fingerprint density at radius 1 is 1.00 bits per heavy atom. The van der Waals surface area contributed by atoms with E-state index < -0.39 is 0 Å². The maximum atomic E-state index is 13.0. The maximum absolute atomic E-state index is 13.0. The number of hydrogen-bond donors (Lipinski definition) is 1. The number of fused-ring (bicyclic) bond motifs is 1. The van der Waals surface area contributed by atoms with Gasteiger partial charge in [-0.15, -0.1) is 0 Å². The number of nitrogens with one attached hydrogen (secondary N) is 1. The van der Waals surface area contributed by atoms with Crippen molar-refractivity contribution in [3.05, 3.63) is 63.4 Å². The molecule has 1 nitrogen and oxygen atoms in total. The second-order valence-electron chi connectivity index (χ2n) is 4.79. The molecule has 1 aliphatic rings. The SMILES string of the molecule is Fc1ccc(NC2Cc3ccc(Cl)cc3C2)c(Cl)c1. The third kappa shape index (κ3) is 2.70. The Hall–Kier alpha value is -1.25. The molecule has 2 aromatic carbocycles. The topological polar surface area (TPSA) is 12.0 Å². The van der Waals surface area contributed by atoms with Crippen LogP contribution in [0, 0.1) is 5.82 Å². The van der Waals surface area contributed by atoms with Crippen LogP contribution in [-0.4, -0.2) is 6.04 Å². The lowest BCUT2D eigenvalue weighted by Gasteiger charge is -2.14. The first-order valence-corrected chi connectivity index (χ1v) is 6.86. The largest absolute Gasteiger partial charge is 0.380 e. The highest BCUT2D eigenvalue weighted by molar-refractivity contribution is 6.33. The van der Waals surface area contributed by atoms with Gasteiger partial charge in [0.15, 0.2) is 0 Å². The zero-order valence-corrected chi connectivity index (χ0v) is 11.6. The Kier molecular flexibility index (Phi) is 3.38. The molecule has 0 saturated heterocycles. The van der Waals surface area contributed by atoms with Gasteiger partial charge in [-0.1, -0.05) is 29.3 Å². The van der Waals surface area contributed by atoms with Crippen molar-refractivity contribution in [3.63, 3.8) is 0 Å². The molecule has 19 heavy (non-hydrogen) atoms. The predicted octanol–water partition coefficient (Wildman–Crippen LogP) is 4.71. The molecule has 0 saturated carbocycles. The third-order valence-electron chi connectivity index (χ3n) is 3.39. The minimum Gasteiger partial charge on any atom is -0.380 e. The standard InChI is InChI=1S/C15H12Cl2FN/c16-11-2-1-9-6-13(7-10(9)5-11)19-15-4-3-12(18)8-14(15)17/h1-5,8,13,19H,6-7H2. The van der Waals surface area contributed by atoms with E-state index in [-0.39, 0.29) is 11.9 Å². The molecule has 98 valence electrons. The molecular formula is C15H12Cl2FN. The second kappa shape index (κ2) is 5.03. The minimum atomic E-state index is -0.322. The van der Waals surface area contributed by atoms with E-state index in [1.807, 2.05) is 12.1 Å². The Balaban J connectivity index is 1.77. The van der Waals surface area contributed by atoms with Crippen LogP contribution in [0.15, 0.2) is 36.4 Å². The average molecular weight is 296 g/mol. The zero-order chi connectivity index (χ0) is 13.4. The van der Waals surface area contributed by atoms with Crippen molar-refractivity contribution in [3.8, 4) is 0 Å². The van der Waals surface area contributed by atoms with Crippen LogP contribution in [0.1, 0.15) is 11.1 Å². The summed E-state index contributed by atoms with van der Waals surface area (Å²) in [7, 11) is 0. The van der Waals surface area contributed by atoms with E-state index in [0.717, 1.165) is 23.6 Å². The Labute approximate surface area is 121 Å². The van der Waals surface area contributed by atoms with Gasteiger partial charge in [0.05, 0.1) is 10.7 Å². The Morgan fingerprint density at radius 2 is 1.79 bits per heavy atom. The first kappa shape index (κ1) is 12.8. The molecule has 0 amide bonds. The number of hydrogen-bond acceptors (Lipinski definition) is 1. The first-order valence-electron chi connectivity index (χ1n) is 6.11. The zero-order valence-electron chi connectivity index (χ0n) is 10.1. The molecule has 2 aromatic rings. The molecule has 0 aliphatic heterocycles. The van der Waals surface area contributed by atoms with Gasteiger partial charge >= 0.3 is 0 Å². The van der Waals surface area contributed by atoms with Gasteiger partial charge in [0.2, 0.25) is 0 Å². The normalized spacial score (nSPS) is 17.3. The number of rotatable bonds is 2. The highest BCUT2D eigenvalue weighted by Crippen LogP contribution is 2.29. The molecule has 4 heteroatoms. The van der Waals surface area contributed by atoms with Gasteiger partial charge < -0.3 is 5.32 Å². The molecule has 1 aliphatic carbocycles. The van der Waals surface area contributed by atoms with Crippen LogP contribution < -0.4 is 5.32 Å². The lowest BCUT2D eigenvalue weighted by molar-refractivity contribution is 0.628. The Morgan fingerprint density at radius 3 is 2.58 bits per heavy atom. The van der Waals surface area contributed by atoms with Gasteiger partial charge in [-0.05, 0) is 54.3 Å². The molecule has 0 radical (unpaired) electrons. The summed E-state index contributed by atoms with van der Waals surface area (Å²) in [5.41, 5.74) is 3.34. The highest BCUT2D eigenvalue weighted by atomic mass is 35.5. The molecule has 0 fully saturated rings. The monoisotopic (exact) mass is 295 g/mol. The van der Waals surface area contributed by atoms with E-state index in [1.54, 1.807) is 6.07 Å². The van der Waals surface area contributed by atoms with Crippen molar-refractivity contribution in [1.82, 2.24) is 0 Å². The van der Waals surface area contributed by atoms with E-state index in [0.29, 0.717) is 5.02 Å². The second-order valence-corrected chi connectivity index (χ2v) is 5.63. The summed E-state index contributed by atoms with van der Waals surface area (Å²) in [5, 5.41) is 4.54. The van der Waals surface area contributed by atoms with Crippen molar-refractivity contribution < 1.29 is 4.39 Å². The van der Waals surface area contributed by atoms with E-state index >= 15 is 0 Å². The Bertz CT molecular complexity index is 628. The molecule has 1 N–H and O–H groups in total. The number of benzene rings is 2. The van der Waals surface area contributed by atoms with Crippen LogP contribution in [0.2, 0.25) is 10.0 Å². The van der Waals surface area contributed by atoms with Crippen molar-refractivity contribution in [2.75, 3.05) is 5.32 Å². The fourth-order valence-corrected chi connectivity index (χ4v) is 2.93. The van der Waals surface area contributed by atoms with E-state index in [4.69, 9.17) is 23.2 Å². The van der Waals surface area contributed by atoms with Crippen LogP contribution in [0.3, 0.4) is 0 Å². The van der Waals surface area contributed by atoms with Gasteiger partial charge in [-0.2, -0.15) is 0 Å². The third-order valence-corrected chi connectivity index (χ3v) is 3.94. The first-order chi connectivity index (χ1) is 9.11. The van der Waals surface area contributed by atoms with Crippen LogP contribution in [0.4, 0.5) is 10.1 Å². The molecular weight excluding hydrogens is 284 g/mol. The van der Waals surface area contributed by atoms with Crippen molar-refractivity contribution in [2.24, 2.45) is 0 Å². The van der Waals surface area contributed by atoms with Gasteiger partial charge in [-0.3, -0.25) is 0 Å². The summed E-state index contributed by atoms with van der Waals surface area (Å²) in [4.78, 5) is 0. The van der Waals surface area contributed by atoms with Gasteiger partial charge in [0, 0.05) is 11.1 Å². The average Bonchev–Trinajstić information content (AvgIpc) is 2.74. The van der Waals surface area contributed by atoms with Crippen LogP contribution in [0.25, 0.3) is 0 Å². The molecule has 1 atom stereocenters. The van der Waals surface area contributed by atoms with Crippen LogP contribution in [-0.2, 0) is 12.8 Å². The molecule has 3 rings (SSSR count). The summed E-state index contributed by atoms with van der Waals surface area (Å²) in [5.74, 6) is -0.322.